The Morgan fingerprint density at radius 2 is 2.15 bits per heavy atom. The lowest BCUT2D eigenvalue weighted by molar-refractivity contribution is -0.115. The molecule has 1 amide bonds. The van der Waals surface area contributed by atoms with Crippen LogP contribution in [0.3, 0.4) is 0 Å². The number of thiophene rings is 1. The second kappa shape index (κ2) is 6.69. The van der Waals surface area contributed by atoms with Gasteiger partial charge in [0, 0.05) is 22.0 Å². The molecule has 0 unspecified atom stereocenters. The number of rotatable bonds is 4. The molecule has 1 aromatic carbocycles. The van der Waals surface area contributed by atoms with Gasteiger partial charge in [-0.25, -0.2) is 9.97 Å². The zero-order chi connectivity index (χ0) is 18.4. The highest BCUT2D eigenvalue weighted by molar-refractivity contribution is 8.00. The van der Waals surface area contributed by atoms with Crippen molar-refractivity contribution in [2.45, 2.75) is 36.5 Å². The van der Waals surface area contributed by atoms with Gasteiger partial charge in [-0.15, -0.1) is 11.3 Å². The molecule has 2 aromatic heterocycles. The Bertz CT molecular complexity index is 1050. The van der Waals surface area contributed by atoms with Crippen molar-refractivity contribution in [3.63, 3.8) is 0 Å². The third-order valence-corrected chi connectivity index (χ3v) is 7.06. The molecule has 0 saturated carbocycles. The molecular weight excluding hydrogens is 382 g/mol. The predicted octanol–water partition coefficient (Wildman–Crippen LogP) is 4.03. The summed E-state index contributed by atoms with van der Waals surface area (Å²) >= 11 is 3.24. The zero-order valence-electron chi connectivity index (χ0n) is 14.7. The van der Waals surface area contributed by atoms with Crippen molar-refractivity contribution in [2.75, 3.05) is 12.1 Å². The number of nitrogens with one attached hydrogen (secondary N) is 1. The van der Waals surface area contributed by atoms with Crippen LogP contribution in [0, 0.1) is 0 Å². The minimum atomic E-state index is -0.287. The number of fused-ring (bicyclic) bond motifs is 4. The fourth-order valence-corrected chi connectivity index (χ4v) is 5.67. The largest absolute Gasteiger partial charge is 0.454 e. The number of ether oxygens (including phenoxy) is 2. The Hall–Kier alpha value is -2.32. The smallest absolute Gasteiger partial charge is 0.237 e. The first kappa shape index (κ1) is 16.8. The van der Waals surface area contributed by atoms with E-state index in [4.69, 9.17) is 9.47 Å². The van der Waals surface area contributed by atoms with Crippen LogP contribution in [0.5, 0.6) is 11.5 Å². The van der Waals surface area contributed by atoms with Gasteiger partial charge in [0.2, 0.25) is 12.7 Å². The number of thioether (sulfide) groups is 1. The summed E-state index contributed by atoms with van der Waals surface area (Å²) in [6, 6.07) is 5.40. The van der Waals surface area contributed by atoms with E-state index in [0.717, 1.165) is 28.1 Å². The van der Waals surface area contributed by atoms with Gasteiger partial charge in [0.15, 0.2) is 11.5 Å². The SMILES string of the molecule is C[C@H](Sc1ncnc2sc3c(c12)CCC3)C(=O)Nc1ccc2c(c1)OCO2. The van der Waals surface area contributed by atoms with Crippen LogP contribution in [0.1, 0.15) is 23.8 Å². The van der Waals surface area contributed by atoms with Gasteiger partial charge in [-0.3, -0.25) is 4.79 Å². The van der Waals surface area contributed by atoms with E-state index >= 15 is 0 Å². The van der Waals surface area contributed by atoms with Crippen molar-refractivity contribution in [2.24, 2.45) is 0 Å². The summed E-state index contributed by atoms with van der Waals surface area (Å²) < 4.78 is 10.7. The Morgan fingerprint density at radius 3 is 3.07 bits per heavy atom. The van der Waals surface area contributed by atoms with Crippen molar-refractivity contribution < 1.29 is 14.3 Å². The summed E-state index contributed by atoms with van der Waals surface area (Å²) in [5.41, 5.74) is 2.07. The molecule has 2 aliphatic rings. The number of hydrogen-bond acceptors (Lipinski definition) is 7. The van der Waals surface area contributed by atoms with E-state index in [2.05, 4.69) is 15.3 Å². The lowest BCUT2D eigenvalue weighted by atomic mass is 10.2. The minimum Gasteiger partial charge on any atom is -0.454 e. The summed E-state index contributed by atoms with van der Waals surface area (Å²) in [4.78, 5) is 24.0. The molecular formula is C19H17N3O3S2. The van der Waals surface area contributed by atoms with Crippen molar-refractivity contribution >= 4 is 44.9 Å². The highest BCUT2D eigenvalue weighted by Gasteiger charge is 2.24. The monoisotopic (exact) mass is 399 g/mol. The molecule has 1 aliphatic heterocycles. The van der Waals surface area contributed by atoms with Crippen LogP contribution in [0.4, 0.5) is 5.69 Å². The van der Waals surface area contributed by atoms with Crippen LogP contribution in [-0.2, 0) is 17.6 Å². The highest BCUT2D eigenvalue weighted by Crippen LogP contribution is 2.41. The number of carbonyl (C=O) groups is 1. The lowest BCUT2D eigenvalue weighted by Crippen LogP contribution is -2.22. The summed E-state index contributed by atoms with van der Waals surface area (Å²) in [5, 5.41) is 4.70. The number of anilines is 1. The van der Waals surface area contributed by atoms with E-state index in [-0.39, 0.29) is 18.0 Å². The first-order valence-corrected chi connectivity index (χ1v) is 10.5. The second-order valence-electron chi connectivity index (χ2n) is 6.53. The van der Waals surface area contributed by atoms with E-state index in [1.54, 1.807) is 29.8 Å². The molecule has 0 bridgehead atoms. The first-order valence-electron chi connectivity index (χ1n) is 8.81. The Kier molecular flexibility index (Phi) is 4.17. The van der Waals surface area contributed by atoms with E-state index in [1.165, 1.54) is 28.6 Å². The number of hydrogen-bond donors (Lipinski definition) is 1. The number of benzene rings is 1. The van der Waals surface area contributed by atoms with Crippen LogP contribution in [0.15, 0.2) is 29.6 Å². The van der Waals surface area contributed by atoms with E-state index < -0.39 is 0 Å². The molecule has 1 aliphatic carbocycles. The molecule has 27 heavy (non-hydrogen) atoms. The summed E-state index contributed by atoms with van der Waals surface area (Å²) in [6.07, 6.45) is 4.99. The fourth-order valence-electron chi connectivity index (χ4n) is 3.43. The third kappa shape index (κ3) is 3.02. The first-order chi connectivity index (χ1) is 13.2. The van der Waals surface area contributed by atoms with Gasteiger partial charge in [-0.1, -0.05) is 11.8 Å². The number of amides is 1. The number of aryl methyl sites for hydroxylation is 2. The Labute approximate surface area is 164 Å². The van der Waals surface area contributed by atoms with Crippen LogP contribution in [0.2, 0.25) is 0 Å². The summed E-state index contributed by atoms with van der Waals surface area (Å²) in [6.45, 7) is 2.11. The van der Waals surface area contributed by atoms with E-state index in [1.807, 2.05) is 13.0 Å². The number of nitrogens with zero attached hydrogens (tertiary/aromatic N) is 2. The van der Waals surface area contributed by atoms with Gasteiger partial charge in [0.1, 0.15) is 16.2 Å². The molecule has 0 radical (unpaired) electrons. The molecule has 1 atom stereocenters. The number of aromatic nitrogens is 2. The normalized spacial score (nSPS) is 15.7. The molecule has 0 spiro atoms. The summed E-state index contributed by atoms with van der Waals surface area (Å²) in [5.74, 6) is 1.28. The van der Waals surface area contributed by atoms with Gasteiger partial charge in [-0.05, 0) is 43.9 Å². The topological polar surface area (TPSA) is 73.3 Å². The van der Waals surface area contributed by atoms with E-state index in [0.29, 0.717) is 17.2 Å². The van der Waals surface area contributed by atoms with Crippen LogP contribution in [-0.4, -0.2) is 27.9 Å². The zero-order valence-corrected chi connectivity index (χ0v) is 16.3. The van der Waals surface area contributed by atoms with Gasteiger partial charge in [0.25, 0.3) is 0 Å². The van der Waals surface area contributed by atoms with Gasteiger partial charge in [0.05, 0.1) is 5.25 Å². The van der Waals surface area contributed by atoms with Crippen molar-refractivity contribution in [1.29, 1.82) is 0 Å². The maximum Gasteiger partial charge on any atom is 0.237 e. The van der Waals surface area contributed by atoms with Gasteiger partial charge >= 0.3 is 0 Å². The molecule has 0 fully saturated rings. The average molecular weight is 399 g/mol. The van der Waals surface area contributed by atoms with Gasteiger partial charge < -0.3 is 14.8 Å². The molecule has 6 nitrogen and oxygen atoms in total. The molecule has 3 heterocycles. The maximum atomic E-state index is 12.7. The van der Waals surface area contributed by atoms with Gasteiger partial charge in [-0.2, -0.15) is 0 Å². The quantitative estimate of drug-likeness (QED) is 0.527. The van der Waals surface area contributed by atoms with Crippen molar-refractivity contribution in [1.82, 2.24) is 9.97 Å². The summed E-state index contributed by atoms with van der Waals surface area (Å²) in [7, 11) is 0. The molecule has 138 valence electrons. The predicted molar refractivity (Wildman–Crippen MR) is 106 cm³/mol. The average Bonchev–Trinajstić information content (AvgIpc) is 3.36. The maximum absolute atomic E-state index is 12.7. The molecule has 5 rings (SSSR count). The molecule has 0 saturated heterocycles. The van der Waals surface area contributed by atoms with Crippen molar-refractivity contribution in [3.8, 4) is 11.5 Å². The lowest BCUT2D eigenvalue weighted by Gasteiger charge is -2.12. The second-order valence-corrected chi connectivity index (χ2v) is 8.95. The van der Waals surface area contributed by atoms with Crippen molar-refractivity contribution in [3.05, 3.63) is 35.0 Å². The van der Waals surface area contributed by atoms with Crippen LogP contribution < -0.4 is 14.8 Å². The molecule has 1 N–H and O–H groups in total. The standard InChI is InChI=1S/C19H17N3O3S2/c1-10(17(23)22-11-5-6-13-14(7-11)25-9-24-13)26-18-16-12-3-2-4-15(12)27-19(16)21-8-20-18/h5-8,10H,2-4,9H2,1H3,(H,22,23)/t10-/m0/s1. The van der Waals surface area contributed by atoms with E-state index in [9.17, 15) is 4.79 Å². The third-order valence-electron chi connectivity index (χ3n) is 4.76. The molecule has 3 aromatic rings. The van der Waals surface area contributed by atoms with Crippen LogP contribution in [0.25, 0.3) is 10.2 Å². The number of carbonyl (C=O) groups excluding carboxylic acids is 1. The van der Waals surface area contributed by atoms with Crippen LogP contribution >= 0.6 is 23.1 Å². The highest BCUT2D eigenvalue weighted by atomic mass is 32.2. The molecule has 8 heteroatoms. The Morgan fingerprint density at radius 1 is 1.26 bits per heavy atom. The Balaban J connectivity index is 1.35. The minimum absolute atomic E-state index is 0.0718. The fraction of sp³-hybridized carbons (Fsp3) is 0.316.